The molecule has 1 aromatic carbocycles. The average molecular weight is 271 g/mol. The molecular formula is C14H11ClN4. The maximum Gasteiger partial charge on any atom is 0.150 e. The number of aryl methyl sites for hydroxylation is 1. The Hall–Kier alpha value is -2.30. The fraction of sp³-hybridized carbons (Fsp3) is 0.214. The second kappa shape index (κ2) is 5.56. The van der Waals surface area contributed by atoms with Gasteiger partial charge in [0.05, 0.1) is 23.0 Å². The van der Waals surface area contributed by atoms with Gasteiger partial charge in [-0.3, -0.25) is 0 Å². The van der Waals surface area contributed by atoms with Crippen LogP contribution in [0.2, 0.25) is 5.15 Å². The zero-order valence-corrected chi connectivity index (χ0v) is 11.1. The normalized spacial score (nSPS) is 9.89. The first-order chi connectivity index (χ1) is 9.21. The molecule has 0 atom stereocenters. The van der Waals surface area contributed by atoms with E-state index in [2.05, 4.69) is 17.2 Å². The highest BCUT2D eigenvalue weighted by Crippen LogP contribution is 2.24. The van der Waals surface area contributed by atoms with E-state index in [1.165, 1.54) is 4.68 Å². The Morgan fingerprint density at radius 3 is 2.42 bits per heavy atom. The molecule has 0 bridgehead atoms. The van der Waals surface area contributed by atoms with Gasteiger partial charge in [-0.1, -0.05) is 24.9 Å². The van der Waals surface area contributed by atoms with E-state index < -0.39 is 0 Å². The lowest BCUT2D eigenvalue weighted by molar-refractivity contribution is 0.806. The monoisotopic (exact) mass is 270 g/mol. The first-order valence-electron chi connectivity index (χ1n) is 5.89. The lowest BCUT2D eigenvalue weighted by Gasteiger charge is -2.02. The van der Waals surface area contributed by atoms with Crippen LogP contribution in [0.3, 0.4) is 0 Å². The van der Waals surface area contributed by atoms with Gasteiger partial charge in [-0.05, 0) is 30.7 Å². The van der Waals surface area contributed by atoms with Gasteiger partial charge in [0.15, 0.2) is 5.15 Å². The van der Waals surface area contributed by atoms with E-state index in [1.807, 2.05) is 6.92 Å². The van der Waals surface area contributed by atoms with Gasteiger partial charge in [0, 0.05) is 0 Å². The molecule has 0 aliphatic rings. The number of rotatable bonds is 3. The van der Waals surface area contributed by atoms with Gasteiger partial charge in [0.25, 0.3) is 0 Å². The van der Waals surface area contributed by atoms with Crippen LogP contribution >= 0.6 is 11.6 Å². The molecule has 0 fully saturated rings. The summed E-state index contributed by atoms with van der Waals surface area (Å²) in [6, 6.07) is 11.1. The largest absolute Gasteiger partial charge is 0.221 e. The molecule has 0 aliphatic heterocycles. The molecule has 2 aromatic rings. The quantitative estimate of drug-likeness (QED) is 0.860. The number of benzene rings is 1. The zero-order valence-electron chi connectivity index (χ0n) is 10.4. The number of aromatic nitrogens is 2. The molecule has 94 valence electrons. The molecule has 0 N–H and O–H groups in total. The lowest BCUT2D eigenvalue weighted by atomic mass is 10.2. The van der Waals surface area contributed by atoms with Gasteiger partial charge < -0.3 is 0 Å². The highest BCUT2D eigenvalue weighted by atomic mass is 35.5. The number of halogens is 1. The van der Waals surface area contributed by atoms with Gasteiger partial charge in [-0.25, -0.2) is 4.68 Å². The van der Waals surface area contributed by atoms with Crippen LogP contribution in [-0.2, 0) is 6.42 Å². The van der Waals surface area contributed by atoms with E-state index in [0.717, 1.165) is 12.1 Å². The Bertz CT molecular complexity index is 671. The third kappa shape index (κ3) is 2.45. The molecule has 2 rings (SSSR count). The summed E-state index contributed by atoms with van der Waals surface area (Å²) in [6.07, 6.45) is 1.61. The minimum atomic E-state index is 0.315. The van der Waals surface area contributed by atoms with E-state index in [4.69, 9.17) is 22.1 Å². The van der Waals surface area contributed by atoms with Crippen LogP contribution in [0.4, 0.5) is 0 Å². The van der Waals surface area contributed by atoms with Gasteiger partial charge in [-0.15, -0.1) is 0 Å². The topological polar surface area (TPSA) is 65.4 Å². The third-order valence-electron chi connectivity index (χ3n) is 2.74. The summed E-state index contributed by atoms with van der Waals surface area (Å²) in [7, 11) is 0. The smallest absolute Gasteiger partial charge is 0.150 e. The third-order valence-corrected chi connectivity index (χ3v) is 3.09. The van der Waals surface area contributed by atoms with Crippen molar-refractivity contribution in [1.82, 2.24) is 9.78 Å². The number of nitrogens with zero attached hydrogens (tertiary/aromatic N) is 4. The predicted octanol–water partition coefficient (Wildman–Crippen LogP) is 3.22. The van der Waals surface area contributed by atoms with E-state index >= 15 is 0 Å². The van der Waals surface area contributed by atoms with Crippen molar-refractivity contribution >= 4 is 11.6 Å². The van der Waals surface area contributed by atoms with Crippen LogP contribution in [0.5, 0.6) is 0 Å². The van der Waals surface area contributed by atoms with Gasteiger partial charge in [0.1, 0.15) is 11.6 Å². The maximum absolute atomic E-state index is 9.14. The molecule has 1 aromatic heterocycles. The molecule has 0 unspecified atom stereocenters. The van der Waals surface area contributed by atoms with Crippen LogP contribution in [0.1, 0.15) is 30.2 Å². The Morgan fingerprint density at radius 1 is 1.21 bits per heavy atom. The van der Waals surface area contributed by atoms with Crippen LogP contribution in [0.25, 0.3) is 5.69 Å². The standard InChI is InChI=1S/C14H11ClN4/c1-2-3-13-12(9-17)14(15)19(18-13)11-6-4-10(8-16)5-7-11/h4-7H,2-3H2,1H3. The van der Waals surface area contributed by atoms with Crippen molar-refractivity contribution < 1.29 is 0 Å². The molecule has 0 aliphatic carbocycles. The Morgan fingerprint density at radius 2 is 1.89 bits per heavy atom. The lowest BCUT2D eigenvalue weighted by Crippen LogP contribution is -1.97. The van der Waals surface area contributed by atoms with Gasteiger partial charge in [0.2, 0.25) is 0 Å². The average Bonchev–Trinajstić information content (AvgIpc) is 2.75. The molecule has 0 saturated carbocycles. The number of hydrogen-bond acceptors (Lipinski definition) is 3. The molecular weight excluding hydrogens is 260 g/mol. The van der Waals surface area contributed by atoms with Crippen molar-refractivity contribution in [2.75, 3.05) is 0 Å². The second-order valence-electron chi connectivity index (χ2n) is 4.04. The van der Waals surface area contributed by atoms with Crippen molar-refractivity contribution in [3.8, 4) is 17.8 Å². The highest BCUT2D eigenvalue weighted by molar-refractivity contribution is 6.31. The summed E-state index contributed by atoms with van der Waals surface area (Å²) in [4.78, 5) is 0. The van der Waals surface area contributed by atoms with Crippen molar-refractivity contribution in [3.05, 3.63) is 46.2 Å². The molecule has 0 amide bonds. The van der Waals surface area contributed by atoms with Gasteiger partial charge in [-0.2, -0.15) is 15.6 Å². The first-order valence-corrected chi connectivity index (χ1v) is 6.27. The van der Waals surface area contributed by atoms with E-state index in [0.29, 0.717) is 28.4 Å². The predicted molar refractivity (Wildman–Crippen MR) is 72.0 cm³/mol. The molecule has 4 nitrogen and oxygen atoms in total. The van der Waals surface area contributed by atoms with Crippen LogP contribution in [0, 0.1) is 22.7 Å². The zero-order chi connectivity index (χ0) is 13.8. The number of hydrogen-bond donors (Lipinski definition) is 0. The van der Waals surface area contributed by atoms with Gasteiger partial charge >= 0.3 is 0 Å². The summed E-state index contributed by atoms with van der Waals surface area (Å²) >= 11 is 6.19. The molecule has 0 saturated heterocycles. The molecule has 5 heteroatoms. The minimum absolute atomic E-state index is 0.315. The highest BCUT2D eigenvalue weighted by Gasteiger charge is 2.16. The minimum Gasteiger partial charge on any atom is -0.221 e. The second-order valence-corrected chi connectivity index (χ2v) is 4.40. The molecule has 0 spiro atoms. The van der Waals surface area contributed by atoms with Crippen molar-refractivity contribution in [2.24, 2.45) is 0 Å². The summed E-state index contributed by atoms with van der Waals surface area (Å²) < 4.78 is 1.53. The summed E-state index contributed by atoms with van der Waals surface area (Å²) in [5.74, 6) is 0. The number of nitriles is 2. The molecule has 0 radical (unpaired) electrons. The fourth-order valence-electron chi connectivity index (χ4n) is 1.81. The fourth-order valence-corrected chi connectivity index (χ4v) is 2.10. The summed E-state index contributed by atoms with van der Waals surface area (Å²) in [5, 5.41) is 22.6. The van der Waals surface area contributed by atoms with Crippen molar-refractivity contribution in [3.63, 3.8) is 0 Å². The van der Waals surface area contributed by atoms with E-state index in [1.54, 1.807) is 24.3 Å². The molecule has 1 heterocycles. The first kappa shape index (κ1) is 13.1. The van der Waals surface area contributed by atoms with Crippen molar-refractivity contribution in [1.29, 1.82) is 10.5 Å². The Balaban J connectivity index is 2.50. The van der Waals surface area contributed by atoms with E-state index in [-0.39, 0.29) is 0 Å². The summed E-state index contributed by atoms with van der Waals surface area (Å²) in [6.45, 7) is 2.02. The van der Waals surface area contributed by atoms with Crippen molar-refractivity contribution in [2.45, 2.75) is 19.8 Å². The van der Waals surface area contributed by atoms with Crippen LogP contribution in [0.15, 0.2) is 24.3 Å². The Kier molecular flexibility index (Phi) is 3.85. The van der Waals surface area contributed by atoms with Crippen LogP contribution < -0.4 is 0 Å². The van der Waals surface area contributed by atoms with E-state index in [9.17, 15) is 0 Å². The van der Waals surface area contributed by atoms with Crippen LogP contribution in [-0.4, -0.2) is 9.78 Å². The summed E-state index contributed by atoms with van der Waals surface area (Å²) in [5.41, 5.74) is 2.44. The Labute approximate surface area is 116 Å². The maximum atomic E-state index is 9.14. The SMILES string of the molecule is CCCc1nn(-c2ccc(C#N)cc2)c(Cl)c1C#N. The molecule has 19 heavy (non-hydrogen) atoms.